The van der Waals surface area contributed by atoms with E-state index in [0.29, 0.717) is 6.42 Å². The highest BCUT2D eigenvalue weighted by Gasteiger charge is 2.40. The highest BCUT2D eigenvalue weighted by molar-refractivity contribution is 5.76. The lowest BCUT2D eigenvalue weighted by atomic mass is 9.73. The Kier molecular flexibility index (Phi) is 5.52. The molecule has 0 aliphatic rings. The first-order valence-electron chi connectivity index (χ1n) is 5.75. The quantitative estimate of drug-likeness (QED) is 0.851. The number of aryl methyl sites for hydroxylation is 1. The van der Waals surface area contributed by atoms with Gasteiger partial charge in [-0.15, -0.1) is 0 Å². The minimum absolute atomic E-state index is 0. The van der Waals surface area contributed by atoms with Crippen LogP contribution in [0.2, 0.25) is 0 Å². The normalized spacial score (nSPS) is 14.4. The average Bonchev–Trinajstić information content (AvgIpc) is 2.25. The van der Waals surface area contributed by atoms with Crippen molar-refractivity contribution in [3.05, 3.63) is 35.9 Å². The van der Waals surface area contributed by atoms with Gasteiger partial charge in [0.25, 0.3) is 0 Å². The molecule has 4 nitrogen and oxygen atoms in total. The van der Waals surface area contributed by atoms with Crippen LogP contribution in [0.5, 0.6) is 0 Å². The van der Waals surface area contributed by atoms with E-state index in [9.17, 15) is 15.0 Å². The Hall–Kier alpha value is -1.39. The molecule has 5 N–H and O–H groups in total. The van der Waals surface area contributed by atoms with Gasteiger partial charge in [0.15, 0.2) is 0 Å². The lowest BCUT2D eigenvalue weighted by molar-refractivity contribution is -0.332. The van der Waals surface area contributed by atoms with Gasteiger partial charge in [0.1, 0.15) is 5.60 Å². The summed E-state index contributed by atoms with van der Waals surface area (Å²) in [6, 6.07) is 9.52. The Balaban J connectivity index is 0.00000289. The molecule has 0 spiro atoms. The van der Waals surface area contributed by atoms with Gasteiger partial charge in [-0.3, -0.25) is 0 Å². The number of benzene rings is 1. The third-order valence-corrected chi connectivity index (χ3v) is 3.20. The predicted octanol–water partition coefficient (Wildman–Crippen LogP) is 1.52. The van der Waals surface area contributed by atoms with Crippen LogP contribution < -0.4 is 11.3 Å². The molecule has 18 heavy (non-hydrogen) atoms. The summed E-state index contributed by atoms with van der Waals surface area (Å²) in [7, 11) is 0. The fourth-order valence-corrected chi connectivity index (χ4v) is 1.75. The van der Waals surface area contributed by atoms with E-state index < -0.39 is 17.0 Å². The van der Waals surface area contributed by atoms with Crippen LogP contribution in [0.25, 0.3) is 0 Å². The molecule has 0 aromatic heterocycles. The van der Waals surface area contributed by atoms with Gasteiger partial charge in [0, 0.05) is 0 Å². The molecule has 0 saturated carbocycles. The lowest BCUT2D eigenvalue weighted by Crippen LogP contribution is -2.56. The predicted molar refractivity (Wildman–Crippen MR) is 70.2 cm³/mol. The minimum Gasteiger partial charge on any atom is -0.547 e. The summed E-state index contributed by atoms with van der Waals surface area (Å²) < 4.78 is 0. The molecule has 0 saturated heterocycles. The molecule has 0 aliphatic heterocycles. The molecule has 1 aromatic rings. The van der Waals surface area contributed by atoms with E-state index in [1.165, 1.54) is 0 Å². The van der Waals surface area contributed by atoms with Gasteiger partial charge in [-0.25, -0.2) is 0 Å². The summed E-state index contributed by atoms with van der Waals surface area (Å²) in [6.07, 6.45) is 0.672. The number of aliphatic hydroxyl groups is 1. The number of hydrogen-bond acceptors (Lipinski definition) is 3. The van der Waals surface area contributed by atoms with Crippen molar-refractivity contribution in [2.45, 2.75) is 39.2 Å². The average molecular weight is 253 g/mol. The van der Waals surface area contributed by atoms with Crippen molar-refractivity contribution in [1.82, 2.24) is 6.15 Å². The van der Waals surface area contributed by atoms with Gasteiger partial charge in [0.05, 0.1) is 5.97 Å². The van der Waals surface area contributed by atoms with Crippen LogP contribution in [-0.2, 0) is 11.2 Å². The minimum atomic E-state index is -1.80. The second kappa shape index (κ2) is 5.98. The SMILES string of the molecule is CC(C)(C)C(O)(CCc1ccccc1)C(=O)[O-].[NH4+]. The van der Waals surface area contributed by atoms with Crippen LogP contribution in [-0.4, -0.2) is 16.7 Å². The monoisotopic (exact) mass is 253 g/mol. The van der Waals surface area contributed by atoms with E-state index in [0.717, 1.165) is 5.56 Å². The van der Waals surface area contributed by atoms with Crippen molar-refractivity contribution < 1.29 is 15.0 Å². The number of hydrogen-bond donors (Lipinski definition) is 2. The summed E-state index contributed by atoms with van der Waals surface area (Å²) >= 11 is 0. The van der Waals surface area contributed by atoms with E-state index in [1.807, 2.05) is 30.3 Å². The molecule has 0 radical (unpaired) electrons. The van der Waals surface area contributed by atoms with Crippen molar-refractivity contribution in [2.24, 2.45) is 5.41 Å². The van der Waals surface area contributed by atoms with Crippen LogP contribution in [0.1, 0.15) is 32.8 Å². The molecule has 0 aliphatic carbocycles. The summed E-state index contributed by atoms with van der Waals surface area (Å²) in [4.78, 5) is 11.1. The van der Waals surface area contributed by atoms with E-state index in [4.69, 9.17) is 0 Å². The smallest absolute Gasteiger partial charge is 0.109 e. The molecule has 0 amide bonds. The van der Waals surface area contributed by atoms with Crippen molar-refractivity contribution >= 4 is 5.97 Å². The van der Waals surface area contributed by atoms with Crippen LogP contribution in [0.4, 0.5) is 0 Å². The first-order valence-corrected chi connectivity index (χ1v) is 5.75. The van der Waals surface area contributed by atoms with E-state index in [1.54, 1.807) is 20.8 Å². The summed E-state index contributed by atoms with van der Waals surface area (Å²) in [5, 5.41) is 21.4. The zero-order valence-corrected chi connectivity index (χ0v) is 11.6. The highest BCUT2D eigenvalue weighted by Crippen LogP contribution is 2.33. The number of carbonyl (C=O) groups excluding carboxylic acids is 1. The van der Waals surface area contributed by atoms with Crippen molar-refractivity contribution in [3.8, 4) is 0 Å². The number of carboxylic acids is 1. The molecule has 1 aromatic carbocycles. The molecule has 1 unspecified atom stereocenters. The number of quaternary nitrogens is 1. The Morgan fingerprint density at radius 1 is 1.22 bits per heavy atom. The topological polar surface area (TPSA) is 96.9 Å². The Bertz CT molecular complexity index is 384. The first kappa shape index (κ1) is 16.6. The van der Waals surface area contributed by atoms with Gasteiger partial charge in [-0.05, 0) is 23.8 Å². The fraction of sp³-hybridized carbons (Fsp3) is 0.500. The molecule has 1 rings (SSSR count). The third kappa shape index (κ3) is 3.55. The first-order chi connectivity index (χ1) is 7.77. The van der Waals surface area contributed by atoms with Crippen LogP contribution in [0, 0.1) is 5.41 Å². The van der Waals surface area contributed by atoms with Crippen molar-refractivity contribution in [1.29, 1.82) is 0 Å². The molecule has 0 heterocycles. The van der Waals surface area contributed by atoms with E-state index >= 15 is 0 Å². The maximum absolute atomic E-state index is 11.1. The van der Waals surface area contributed by atoms with Crippen molar-refractivity contribution in [2.75, 3.05) is 0 Å². The molecular formula is C14H23NO3. The Labute approximate surface area is 108 Å². The molecule has 102 valence electrons. The zero-order valence-electron chi connectivity index (χ0n) is 11.6. The second-order valence-electron chi connectivity index (χ2n) is 5.38. The Morgan fingerprint density at radius 2 is 1.72 bits per heavy atom. The largest absolute Gasteiger partial charge is 0.547 e. The van der Waals surface area contributed by atoms with Crippen LogP contribution in [0.15, 0.2) is 30.3 Å². The summed E-state index contributed by atoms with van der Waals surface area (Å²) in [6.45, 7) is 5.11. The zero-order chi connectivity index (χ0) is 13.1. The summed E-state index contributed by atoms with van der Waals surface area (Å²) in [5.74, 6) is -1.40. The molecule has 4 heteroatoms. The summed E-state index contributed by atoms with van der Waals surface area (Å²) in [5.41, 5.74) is -1.54. The maximum Gasteiger partial charge on any atom is 0.109 e. The van der Waals surface area contributed by atoms with Gasteiger partial charge < -0.3 is 21.2 Å². The third-order valence-electron chi connectivity index (χ3n) is 3.20. The number of carboxylic acid groups (broad SMARTS) is 1. The Morgan fingerprint density at radius 3 is 2.11 bits per heavy atom. The van der Waals surface area contributed by atoms with Crippen LogP contribution in [0.3, 0.4) is 0 Å². The second-order valence-corrected chi connectivity index (χ2v) is 5.38. The molecule has 0 fully saturated rings. The van der Waals surface area contributed by atoms with Crippen LogP contribution >= 0.6 is 0 Å². The fourth-order valence-electron chi connectivity index (χ4n) is 1.75. The maximum atomic E-state index is 11.1. The molecule has 1 atom stereocenters. The van der Waals surface area contributed by atoms with Gasteiger partial charge >= 0.3 is 0 Å². The highest BCUT2D eigenvalue weighted by atomic mass is 16.4. The number of aliphatic carboxylic acids is 1. The van der Waals surface area contributed by atoms with E-state index in [2.05, 4.69) is 0 Å². The number of carbonyl (C=O) groups is 1. The molecule has 0 bridgehead atoms. The number of rotatable bonds is 4. The van der Waals surface area contributed by atoms with E-state index in [-0.39, 0.29) is 12.6 Å². The molecular weight excluding hydrogens is 230 g/mol. The van der Waals surface area contributed by atoms with Gasteiger partial charge in [-0.2, -0.15) is 0 Å². The van der Waals surface area contributed by atoms with Gasteiger partial charge in [0.2, 0.25) is 0 Å². The standard InChI is InChI=1S/C14H20O3.H3N/c1-13(2,3)14(17,12(15)16)10-9-11-7-5-4-6-8-11;/h4-8,17H,9-10H2,1-3H3,(H,15,16);1H3. The lowest BCUT2D eigenvalue weighted by Gasteiger charge is -2.41. The van der Waals surface area contributed by atoms with Crippen molar-refractivity contribution in [3.63, 3.8) is 0 Å². The van der Waals surface area contributed by atoms with Gasteiger partial charge in [-0.1, -0.05) is 51.1 Å².